The highest BCUT2D eigenvalue weighted by molar-refractivity contribution is 5.94. The molecular weight excluding hydrogens is 240 g/mol. The molecule has 0 aliphatic heterocycles. The number of rotatable bonds is 4. The van der Waals surface area contributed by atoms with Crippen LogP contribution in [0.1, 0.15) is 17.3 Å². The van der Waals surface area contributed by atoms with Crippen molar-refractivity contribution in [2.24, 2.45) is 0 Å². The first kappa shape index (κ1) is 13.6. The Bertz CT molecular complexity index is 599. The smallest absolute Gasteiger partial charge is 0.227 e. The van der Waals surface area contributed by atoms with Crippen LogP contribution in [0.5, 0.6) is 5.75 Å². The number of benzene rings is 1. The van der Waals surface area contributed by atoms with Gasteiger partial charge in [-0.3, -0.25) is 9.36 Å². The first-order valence-corrected chi connectivity index (χ1v) is 6.36. The molecule has 0 radical (unpaired) electrons. The van der Waals surface area contributed by atoms with E-state index in [0.717, 1.165) is 29.6 Å². The van der Waals surface area contributed by atoms with Crippen LogP contribution in [0.2, 0.25) is 0 Å². The fourth-order valence-corrected chi connectivity index (χ4v) is 2.21. The monoisotopic (exact) mass is 260 g/mol. The highest BCUT2D eigenvalue weighted by atomic mass is 16.5. The van der Waals surface area contributed by atoms with Crippen molar-refractivity contribution in [1.82, 2.24) is 9.47 Å². The second kappa shape index (κ2) is 5.45. The summed E-state index contributed by atoms with van der Waals surface area (Å²) in [6.45, 7) is 2.54. The van der Waals surface area contributed by atoms with Gasteiger partial charge in [0.25, 0.3) is 0 Å². The Morgan fingerprint density at radius 1 is 1.37 bits per heavy atom. The van der Waals surface area contributed by atoms with Crippen molar-refractivity contribution in [3.8, 4) is 5.75 Å². The van der Waals surface area contributed by atoms with Crippen molar-refractivity contribution < 1.29 is 9.53 Å². The summed E-state index contributed by atoms with van der Waals surface area (Å²) >= 11 is 0. The summed E-state index contributed by atoms with van der Waals surface area (Å²) in [5, 5.41) is 1.09. The zero-order valence-corrected chi connectivity index (χ0v) is 11.9. The molecule has 4 heteroatoms. The number of carbonyl (C=O) groups is 1. The van der Waals surface area contributed by atoms with E-state index < -0.39 is 0 Å². The molecule has 19 heavy (non-hydrogen) atoms. The average molecular weight is 260 g/mol. The first-order chi connectivity index (χ1) is 9.02. The number of methoxy groups -OCH3 is 1. The lowest BCUT2D eigenvalue weighted by molar-refractivity contribution is 0.0941. The van der Waals surface area contributed by atoms with Gasteiger partial charge in [0.2, 0.25) is 5.91 Å². The molecule has 1 aromatic carbocycles. The standard InChI is InChI=1S/C15H20N2O2/c1-11(18)17-10-12(7-8-16(2)3)14-9-13(19-4)5-6-15(14)17/h5-6,9-10H,7-8H2,1-4H3. The van der Waals surface area contributed by atoms with E-state index in [2.05, 4.69) is 4.90 Å². The van der Waals surface area contributed by atoms with E-state index in [4.69, 9.17) is 4.74 Å². The minimum atomic E-state index is 0.0336. The molecule has 0 fully saturated rings. The highest BCUT2D eigenvalue weighted by Gasteiger charge is 2.12. The molecule has 1 aromatic heterocycles. The van der Waals surface area contributed by atoms with Crippen molar-refractivity contribution in [2.75, 3.05) is 27.7 Å². The van der Waals surface area contributed by atoms with Gasteiger partial charge in [0.05, 0.1) is 12.6 Å². The van der Waals surface area contributed by atoms with Crippen LogP contribution in [0, 0.1) is 0 Å². The number of aromatic nitrogens is 1. The van der Waals surface area contributed by atoms with E-state index in [1.54, 1.807) is 18.6 Å². The molecule has 0 amide bonds. The highest BCUT2D eigenvalue weighted by Crippen LogP contribution is 2.26. The summed E-state index contributed by atoms with van der Waals surface area (Å²) in [7, 11) is 5.75. The zero-order valence-electron chi connectivity index (χ0n) is 11.9. The predicted octanol–water partition coefficient (Wildman–Crippen LogP) is 2.41. The number of hydrogen-bond donors (Lipinski definition) is 0. The van der Waals surface area contributed by atoms with Gasteiger partial charge in [-0.15, -0.1) is 0 Å². The summed E-state index contributed by atoms with van der Waals surface area (Å²) in [4.78, 5) is 13.8. The predicted molar refractivity (Wildman–Crippen MR) is 77.0 cm³/mol. The fourth-order valence-electron chi connectivity index (χ4n) is 2.21. The van der Waals surface area contributed by atoms with Crippen LogP contribution >= 0.6 is 0 Å². The first-order valence-electron chi connectivity index (χ1n) is 6.36. The maximum atomic E-state index is 11.7. The maximum absolute atomic E-state index is 11.7. The minimum Gasteiger partial charge on any atom is -0.497 e. The second-order valence-corrected chi connectivity index (χ2v) is 4.98. The molecule has 2 rings (SSSR count). The third-order valence-electron chi connectivity index (χ3n) is 3.26. The normalized spacial score (nSPS) is 11.2. The average Bonchev–Trinajstić information content (AvgIpc) is 2.74. The van der Waals surface area contributed by atoms with E-state index >= 15 is 0 Å². The molecule has 0 aliphatic rings. The molecule has 4 nitrogen and oxygen atoms in total. The second-order valence-electron chi connectivity index (χ2n) is 4.98. The van der Waals surface area contributed by atoms with Crippen molar-refractivity contribution in [3.05, 3.63) is 30.0 Å². The molecule has 0 bridgehead atoms. The lowest BCUT2D eigenvalue weighted by atomic mass is 10.1. The Kier molecular flexibility index (Phi) is 3.90. The topological polar surface area (TPSA) is 34.5 Å². The van der Waals surface area contributed by atoms with Gasteiger partial charge in [0, 0.05) is 25.1 Å². The SMILES string of the molecule is COc1ccc2c(c1)c(CCN(C)C)cn2C(C)=O. The third kappa shape index (κ3) is 2.79. The number of likely N-dealkylation sites (N-methyl/N-ethyl adjacent to an activating group) is 1. The Hall–Kier alpha value is -1.81. The summed E-state index contributed by atoms with van der Waals surface area (Å²) < 4.78 is 6.98. The Morgan fingerprint density at radius 3 is 2.68 bits per heavy atom. The zero-order chi connectivity index (χ0) is 14.0. The largest absolute Gasteiger partial charge is 0.497 e. The van der Waals surface area contributed by atoms with Gasteiger partial charge in [-0.25, -0.2) is 0 Å². The lowest BCUT2D eigenvalue weighted by Crippen LogP contribution is -2.15. The van der Waals surface area contributed by atoms with E-state index in [9.17, 15) is 4.79 Å². The Morgan fingerprint density at radius 2 is 2.11 bits per heavy atom. The van der Waals surface area contributed by atoms with Crippen LogP contribution in [-0.4, -0.2) is 43.1 Å². The Labute approximate surface area is 113 Å². The van der Waals surface area contributed by atoms with Gasteiger partial charge >= 0.3 is 0 Å². The summed E-state index contributed by atoms with van der Waals surface area (Å²) in [6.07, 6.45) is 2.85. The fraction of sp³-hybridized carbons (Fsp3) is 0.400. The van der Waals surface area contributed by atoms with Gasteiger partial charge in [-0.1, -0.05) is 0 Å². The molecule has 0 unspecified atom stereocenters. The summed E-state index contributed by atoms with van der Waals surface area (Å²) in [6, 6.07) is 5.83. The summed E-state index contributed by atoms with van der Waals surface area (Å²) in [5.74, 6) is 0.853. The van der Waals surface area contributed by atoms with Crippen molar-refractivity contribution in [3.63, 3.8) is 0 Å². The molecule has 0 atom stereocenters. The van der Waals surface area contributed by atoms with Gasteiger partial charge in [0.15, 0.2) is 0 Å². The number of carbonyl (C=O) groups excluding carboxylic acids is 1. The van der Waals surface area contributed by atoms with E-state index in [-0.39, 0.29) is 5.91 Å². The number of fused-ring (bicyclic) bond motifs is 1. The van der Waals surface area contributed by atoms with E-state index in [0.29, 0.717) is 0 Å². The van der Waals surface area contributed by atoms with Gasteiger partial charge in [-0.2, -0.15) is 0 Å². The maximum Gasteiger partial charge on any atom is 0.227 e. The van der Waals surface area contributed by atoms with Crippen molar-refractivity contribution in [1.29, 1.82) is 0 Å². The van der Waals surface area contributed by atoms with Gasteiger partial charge in [0.1, 0.15) is 5.75 Å². The molecule has 0 saturated heterocycles. The number of nitrogens with zero attached hydrogens (tertiary/aromatic N) is 2. The molecule has 0 aliphatic carbocycles. The van der Waals surface area contributed by atoms with Crippen LogP contribution in [0.25, 0.3) is 10.9 Å². The molecule has 0 spiro atoms. The molecule has 102 valence electrons. The lowest BCUT2D eigenvalue weighted by Gasteiger charge is -2.08. The van der Waals surface area contributed by atoms with E-state index in [1.807, 2.05) is 38.5 Å². The number of hydrogen-bond acceptors (Lipinski definition) is 3. The van der Waals surface area contributed by atoms with Crippen LogP contribution in [0.15, 0.2) is 24.4 Å². The summed E-state index contributed by atoms with van der Waals surface area (Å²) in [5.41, 5.74) is 2.12. The van der Waals surface area contributed by atoms with Crippen LogP contribution in [0.3, 0.4) is 0 Å². The van der Waals surface area contributed by atoms with Crippen LogP contribution < -0.4 is 4.74 Å². The van der Waals surface area contributed by atoms with E-state index in [1.165, 1.54) is 5.56 Å². The molecule has 2 aromatic rings. The quantitative estimate of drug-likeness (QED) is 0.846. The van der Waals surface area contributed by atoms with Crippen molar-refractivity contribution in [2.45, 2.75) is 13.3 Å². The minimum absolute atomic E-state index is 0.0336. The van der Waals surface area contributed by atoms with Crippen molar-refractivity contribution >= 4 is 16.8 Å². The third-order valence-corrected chi connectivity index (χ3v) is 3.26. The van der Waals surface area contributed by atoms with Crippen LogP contribution in [-0.2, 0) is 6.42 Å². The molecule has 0 N–H and O–H groups in total. The van der Waals surface area contributed by atoms with Gasteiger partial charge in [-0.05, 0) is 44.3 Å². The van der Waals surface area contributed by atoms with Crippen LogP contribution in [0.4, 0.5) is 0 Å². The molecule has 0 saturated carbocycles. The number of ether oxygens (including phenoxy) is 1. The Balaban J connectivity index is 2.51. The van der Waals surface area contributed by atoms with Gasteiger partial charge < -0.3 is 9.64 Å². The molecule has 1 heterocycles. The molecular formula is C15H20N2O2.